The molecule has 0 aliphatic rings. The van der Waals surface area contributed by atoms with E-state index < -0.39 is 6.17 Å². The van der Waals surface area contributed by atoms with Crippen LogP contribution in [-0.2, 0) is 0 Å². The molecule has 1 heteroatoms. The van der Waals surface area contributed by atoms with Crippen molar-refractivity contribution in [1.82, 2.24) is 0 Å². The van der Waals surface area contributed by atoms with Gasteiger partial charge >= 0.3 is 0 Å². The fourth-order valence-electron chi connectivity index (χ4n) is 1.16. The van der Waals surface area contributed by atoms with Crippen molar-refractivity contribution in [2.24, 2.45) is 5.92 Å². The van der Waals surface area contributed by atoms with Crippen molar-refractivity contribution in [2.45, 2.75) is 46.2 Å². The lowest BCUT2D eigenvalue weighted by molar-refractivity contribution is 0.368. The van der Waals surface area contributed by atoms with Crippen LogP contribution >= 0.6 is 0 Å². The summed E-state index contributed by atoms with van der Waals surface area (Å²) in [6, 6.07) is 0. The molecule has 0 aliphatic carbocycles. The van der Waals surface area contributed by atoms with Gasteiger partial charge in [-0.25, -0.2) is 4.39 Å². The average molecular weight is 184 g/mol. The predicted octanol–water partition coefficient (Wildman–Crippen LogP) is 4.28. The Morgan fingerprint density at radius 2 is 1.92 bits per heavy atom. The van der Waals surface area contributed by atoms with Crippen molar-refractivity contribution in [2.75, 3.05) is 0 Å². The van der Waals surface area contributed by atoms with Crippen LogP contribution in [-0.4, -0.2) is 6.17 Å². The Balaban J connectivity index is 3.68. The Labute approximate surface area is 81.5 Å². The van der Waals surface area contributed by atoms with Crippen LogP contribution in [0.25, 0.3) is 0 Å². The molecule has 0 rings (SSSR count). The van der Waals surface area contributed by atoms with Gasteiger partial charge in [0.05, 0.1) is 0 Å². The lowest BCUT2D eigenvalue weighted by Gasteiger charge is -2.02. The number of unbranched alkanes of at least 4 members (excludes halogenated alkanes) is 1. The standard InChI is InChI=1S/C12H21F/c1-4-6-8-12(13)10-9-11(3)7-5-2/h5,7,9-12H,4,6,8H2,1-3H3. The molecule has 0 aliphatic heterocycles. The fraction of sp³-hybridized carbons (Fsp3) is 0.667. The van der Waals surface area contributed by atoms with E-state index in [0.29, 0.717) is 12.3 Å². The summed E-state index contributed by atoms with van der Waals surface area (Å²) in [6.07, 6.45) is 9.61. The third-order valence-electron chi connectivity index (χ3n) is 1.95. The molecule has 0 aromatic heterocycles. The van der Waals surface area contributed by atoms with Crippen molar-refractivity contribution in [3.8, 4) is 0 Å². The van der Waals surface area contributed by atoms with Crippen molar-refractivity contribution in [3.05, 3.63) is 24.3 Å². The summed E-state index contributed by atoms with van der Waals surface area (Å²) in [4.78, 5) is 0. The minimum atomic E-state index is -0.757. The number of rotatable bonds is 6. The predicted molar refractivity (Wildman–Crippen MR) is 57.5 cm³/mol. The normalized spacial score (nSPS) is 16.9. The highest BCUT2D eigenvalue weighted by atomic mass is 19.1. The molecular formula is C12H21F. The van der Waals surface area contributed by atoms with Crippen LogP contribution in [0.2, 0.25) is 0 Å². The molecule has 0 saturated heterocycles. The van der Waals surface area contributed by atoms with E-state index in [4.69, 9.17) is 0 Å². The molecule has 0 heterocycles. The molecule has 0 spiro atoms. The summed E-state index contributed by atoms with van der Waals surface area (Å²) in [5, 5.41) is 0. The minimum Gasteiger partial charge on any atom is -0.243 e. The number of alkyl halides is 1. The van der Waals surface area contributed by atoms with Gasteiger partial charge in [0, 0.05) is 0 Å². The van der Waals surface area contributed by atoms with E-state index in [-0.39, 0.29) is 0 Å². The maximum Gasteiger partial charge on any atom is 0.118 e. The van der Waals surface area contributed by atoms with Crippen LogP contribution in [0.4, 0.5) is 4.39 Å². The van der Waals surface area contributed by atoms with Crippen LogP contribution in [0.5, 0.6) is 0 Å². The van der Waals surface area contributed by atoms with Crippen LogP contribution < -0.4 is 0 Å². The molecule has 0 bridgehead atoms. The van der Waals surface area contributed by atoms with Gasteiger partial charge in [-0.3, -0.25) is 0 Å². The SMILES string of the molecule is CC=CC(C)C=CC(F)CCCC. The van der Waals surface area contributed by atoms with Gasteiger partial charge < -0.3 is 0 Å². The summed E-state index contributed by atoms with van der Waals surface area (Å²) < 4.78 is 13.1. The van der Waals surface area contributed by atoms with Crippen LogP contribution in [0, 0.1) is 5.92 Å². The van der Waals surface area contributed by atoms with Gasteiger partial charge in [-0.15, -0.1) is 0 Å². The Hall–Kier alpha value is -0.590. The zero-order valence-corrected chi connectivity index (χ0v) is 8.96. The average Bonchev–Trinajstić information content (AvgIpc) is 2.12. The molecule has 0 nitrogen and oxygen atoms in total. The second-order valence-electron chi connectivity index (χ2n) is 3.43. The molecule has 0 radical (unpaired) electrons. The van der Waals surface area contributed by atoms with Gasteiger partial charge in [0.2, 0.25) is 0 Å². The van der Waals surface area contributed by atoms with Gasteiger partial charge in [0.1, 0.15) is 6.17 Å². The van der Waals surface area contributed by atoms with Crippen LogP contribution in [0.1, 0.15) is 40.0 Å². The van der Waals surface area contributed by atoms with Gasteiger partial charge in [0.15, 0.2) is 0 Å². The first-order valence-corrected chi connectivity index (χ1v) is 5.15. The molecule has 2 unspecified atom stereocenters. The molecule has 0 N–H and O–H groups in total. The van der Waals surface area contributed by atoms with Crippen molar-refractivity contribution >= 4 is 0 Å². The summed E-state index contributed by atoms with van der Waals surface area (Å²) in [5.74, 6) is 0.352. The third kappa shape index (κ3) is 7.76. The summed E-state index contributed by atoms with van der Waals surface area (Å²) in [7, 11) is 0. The number of halogens is 1. The van der Waals surface area contributed by atoms with Gasteiger partial charge in [0.25, 0.3) is 0 Å². The van der Waals surface area contributed by atoms with E-state index >= 15 is 0 Å². The first-order chi connectivity index (χ1) is 6.20. The molecule has 13 heavy (non-hydrogen) atoms. The number of hydrogen-bond donors (Lipinski definition) is 0. The van der Waals surface area contributed by atoms with Gasteiger partial charge in [-0.1, -0.05) is 51.0 Å². The van der Waals surface area contributed by atoms with E-state index in [2.05, 4.69) is 19.9 Å². The smallest absolute Gasteiger partial charge is 0.118 e. The highest BCUT2D eigenvalue weighted by Gasteiger charge is 2.00. The fourth-order valence-corrected chi connectivity index (χ4v) is 1.16. The second kappa shape index (κ2) is 8.03. The van der Waals surface area contributed by atoms with Gasteiger partial charge in [-0.2, -0.15) is 0 Å². The van der Waals surface area contributed by atoms with E-state index in [9.17, 15) is 4.39 Å². The van der Waals surface area contributed by atoms with Crippen molar-refractivity contribution in [3.63, 3.8) is 0 Å². The monoisotopic (exact) mass is 184 g/mol. The lowest BCUT2D eigenvalue weighted by Crippen LogP contribution is -1.95. The zero-order chi connectivity index (χ0) is 10.1. The van der Waals surface area contributed by atoms with Crippen LogP contribution in [0.15, 0.2) is 24.3 Å². The zero-order valence-electron chi connectivity index (χ0n) is 8.96. The second-order valence-corrected chi connectivity index (χ2v) is 3.43. The Bertz CT molecular complexity index is 159. The van der Waals surface area contributed by atoms with Gasteiger partial charge in [-0.05, 0) is 19.3 Å². The molecule has 0 aromatic carbocycles. The molecule has 2 atom stereocenters. The minimum absolute atomic E-state index is 0.352. The Kier molecular flexibility index (Phi) is 7.66. The molecule has 0 amide bonds. The highest BCUT2D eigenvalue weighted by molar-refractivity contribution is 5.00. The molecule has 0 fully saturated rings. The lowest BCUT2D eigenvalue weighted by atomic mass is 10.1. The summed E-state index contributed by atoms with van der Waals surface area (Å²) in [6.45, 7) is 6.12. The summed E-state index contributed by atoms with van der Waals surface area (Å²) >= 11 is 0. The van der Waals surface area contributed by atoms with Crippen molar-refractivity contribution < 1.29 is 4.39 Å². The first kappa shape index (κ1) is 12.4. The summed E-state index contributed by atoms with van der Waals surface area (Å²) in [5.41, 5.74) is 0. The molecule has 0 saturated carbocycles. The largest absolute Gasteiger partial charge is 0.243 e. The van der Waals surface area contributed by atoms with Crippen LogP contribution in [0.3, 0.4) is 0 Å². The maximum atomic E-state index is 13.1. The first-order valence-electron chi connectivity index (χ1n) is 5.15. The quantitative estimate of drug-likeness (QED) is 0.540. The highest BCUT2D eigenvalue weighted by Crippen LogP contribution is 2.08. The molecule has 76 valence electrons. The van der Waals surface area contributed by atoms with Crippen molar-refractivity contribution in [1.29, 1.82) is 0 Å². The number of allylic oxidation sites excluding steroid dienone is 4. The van der Waals surface area contributed by atoms with E-state index in [1.54, 1.807) is 6.08 Å². The van der Waals surface area contributed by atoms with E-state index in [1.807, 2.05) is 19.1 Å². The van der Waals surface area contributed by atoms with E-state index in [0.717, 1.165) is 12.8 Å². The topological polar surface area (TPSA) is 0 Å². The van der Waals surface area contributed by atoms with E-state index in [1.165, 1.54) is 0 Å². The molecule has 0 aromatic rings. The third-order valence-corrected chi connectivity index (χ3v) is 1.95. The maximum absolute atomic E-state index is 13.1. The molecular weight excluding hydrogens is 163 g/mol. The Morgan fingerprint density at radius 3 is 2.46 bits per heavy atom. The Morgan fingerprint density at radius 1 is 1.23 bits per heavy atom. The number of hydrogen-bond acceptors (Lipinski definition) is 0.